The van der Waals surface area contributed by atoms with Crippen molar-refractivity contribution in [3.63, 3.8) is 0 Å². The van der Waals surface area contributed by atoms with Crippen LogP contribution in [0, 0.1) is 17.2 Å². The summed E-state index contributed by atoms with van der Waals surface area (Å²) in [5.41, 5.74) is -2.50. The first-order valence-electron chi connectivity index (χ1n) is 8.23. The zero-order valence-electron chi connectivity index (χ0n) is 14.4. The molecule has 0 radical (unpaired) electrons. The van der Waals surface area contributed by atoms with E-state index in [1.165, 1.54) is 0 Å². The van der Waals surface area contributed by atoms with Gasteiger partial charge in [0.2, 0.25) is 0 Å². The minimum absolute atomic E-state index is 0.104. The van der Waals surface area contributed by atoms with Crippen LogP contribution in [0.1, 0.15) is 34.3 Å². The number of hydrogen-bond donors (Lipinski definition) is 0. The number of fused-ring (bicyclic) bond motifs is 1. The molecule has 0 aromatic carbocycles. The molecule has 4 rings (SSSR count). The molecule has 0 saturated heterocycles. The van der Waals surface area contributed by atoms with Gasteiger partial charge in [0.15, 0.2) is 10.7 Å². The normalized spacial score (nSPS) is 19.3. The Balaban J connectivity index is 1.80. The van der Waals surface area contributed by atoms with Crippen molar-refractivity contribution in [3.8, 4) is 6.07 Å². The number of aromatic nitrogens is 4. The highest BCUT2D eigenvalue weighted by molar-refractivity contribution is 7.17. The molecule has 0 spiro atoms. The summed E-state index contributed by atoms with van der Waals surface area (Å²) in [6, 6.07) is 3.39. The van der Waals surface area contributed by atoms with Gasteiger partial charge in [-0.3, -0.25) is 9.20 Å². The molecule has 0 aliphatic heterocycles. The molecule has 0 bridgehead atoms. The van der Waals surface area contributed by atoms with Crippen LogP contribution in [0.25, 0.3) is 4.96 Å². The van der Waals surface area contributed by atoms with Gasteiger partial charge in [-0.1, -0.05) is 22.9 Å². The van der Waals surface area contributed by atoms with Crippen molar-refractivity contribution in [2.45, 2.75) is 31.2 Å². The summed E-state index contributed by atoms with van der Waals surface area (Å²) in [5.74, 6) is -1.36. The Hall–Kier alpha value is -2.59. The Bertz CT molecular complexity index is 1250. The third-order valence-corrected chi connectivity index (χ3v) is 5.91. The Morgan fingerprint density at radius 1 is 1.23 bits per heavy atom. The van der Waals surface area contributed by atoms with Crippen molar-refractivity contribution in [1.82, 2.24) is 19.2 Å². The molecule has 30 heavy (non-hydrogen) atoms. The molecule has 0 unspecified atom stereocenters. The van der Waals surface area contributed by atoms with Gasteiger partial charge >= 0.3 is 12.4 Å². The molecular formula is C16H8ClF6N5OS. The third-order valence-electron chi connectivity index (χ3n) is 4.51. The van der Waals surface area contributed by atoms with Crippen LogP contribution < -0.4 is 5.56 Å². The van der Waals surface area contributed by atoms with E-state index >= 15 is 0 Å². The SMILES string of the molecule is N#C[C@@H]1C[C@H]1c1c(C(F)(F)F)sc2nc(Cn3nc(C(F)(F)F)cc3Cl)cc(=O)n12. The van der Waals surface area contributed by atoms with Crippen molar-refractivity contribution in [2.24, 2.45) is 5.92 Å². The quantitative estimate of drug-likeness (QED) is 0.538. The predicted molar refractivity (Wildman–Crippen MR) is 92.1 cm³/mol. The molecule has 1 saturated carbocycles. The van der Waals surface area contributed by atoms with Crippen LogP contribution in [0.4, 0.5) is 26.3 Å². The lowest BCUT2D eigenvalue weighted by atomic mass is 10.2. The van der Waals surface area contributed by atoms with Gasteiger partial charge < -0.3 is 0 Å². The molecule has 0 amide bonds. The van der Waals surface area contributed by atoms with Crippen molar-refractivity contribution in [1.29, 1.82) is 5.26 Å². The van der Waals surface area contributed by atoms with Crippen molar-refractivity contribution < 1.29 is 26.3 Å². The minimum Gasteiger partial charge on any atom is -0.269 e. The van der Waals surface area contributed by atoms with Crippen LogP contribution in [-0.4, -0.2) is 19.2 Å². The number of nitrogens with zero attached hydrogens (tertiary/aromatic N) is 5. The van der Waals surface area contributed by atoms with Gasteiger partial charge in [-0.2, -0.15) is 36.7 Å². The van der Waals surface area contributed by atoms with Gasteiger partial charge in [0.1, 0.15) is 10.0 Å². The standard InChI is InChI=1S/C16H8ClF6N5OS/c17-10-3-9(15(18,19)20)26-27(10)5-7-2-11(29)28-12(8-1-6(8)4-24)13(16(21,22)23)30-14(28)25-7/h2-3,6,8H,1,5H2/t6-,8+/m0/s1. The smallest absolute Gasteiger partial charge is 0.269 e. The molecule has 1 aliphatic carbocycles. The summed E-state index contributed by atoms with van der Waals surface area (Å²) in [4.78, 5) is 15.3. The van der Waals surface area contributed by atoms with E-state index in [-0.39, 0.29) is 39.3 Å². The molecule has 3 aromatic rings. The summed E-state index contributed by atoms with van der Waals surface area (Å²) >= 11 is 5.98. The van der Waals surface area contributed by atoms with E-state index in [0.29, 0.717) is 6.07 Å². The number of halogens is 7. The second-order valence-electron chi connectivity index (χ2n) is 6.60. The zero-order valence-corrected chi connectivity index (χ0v) is 16.0. The fourth-order valence-corrected chi connectivity index (χ4v) is 4.39. The average molecular weight is 468 g/mol. The fourth-order valence-electron chi connectivity index (χ4n) is 3.10. The van der Waals surface area contributed by atoms with E-state index in [0.717, 1.165) is 15.1 Å². The first-order valence-corrected chi connectivity index (χ1v) is 9.42. The van der Waals surface area contributed by atoms with Crippen LogP contribution >= 0.6 is 22.9 Å². The molecule has 14 heteroatoms. The summed E-state index contributed by atoms with van der Waals surface area (Å²) in [7, 11) is 0. The summed E-state index contributed by atoms with van der Waals surface area (Å²) in [6.45, 7) is -0.445. The highest BCUT2D eigenvalue weighted by atomic mass is 35.5. The van der Waals surface area contributed by atoms with Crippen LogP contribution in [0.15, 0.2) is 16.9 Å². The Morgan fingerprint density at radius 3 is 2.47 bits per heavy atom. The van der Waals surface area contributed by atoms with Gasteiger partial charge in [-0.15, -0.1) is 0 Å². The molecule has 0 N–H and O–H groups in total. The average Bonchev–Trinajstić information content (AvgIpc) is 3.14. The summed E-state index contributed by atoms with van der Waals surface area (Å²) < 4.78 is 80.3. The number of rotatable bonds is 3. The largest absolute Gasteiger partial charge is 0.435 e. The second-order valence-corrected chi connectivity index (χ2v) is 7.97. The lowest BCUT2D eigenvalue weighted by Crippen LogP contribution is -2.19. The number of hydrogen-bond acceptors (Lipinski definition) is 5. The van der Waals surface area contributed by atoms with E-state index < -0.39 is 46.9 Å². The summed E-state index contributed by atoms with van der Waals surface area (Å²) in [5, 5.41) is 11.9. The van der Waals surface area contributed by atoms with E-state index in [1.54, 1.807) is 0 Å². The van der Waals surface area contributed by atoms with E-state index in [4.69, 9.17) is 16.9 Å². The lowest BCUT2D eigenvalue weighted by molar-refractivity contribution is -0.141. The third kappa shape index (κ3) is 3.54. The van der Waals surface area contributed by atoms with Crippen molar-refractivity contribution >= 4 is 27.9 Å². The second kappa shape index (κ2) is 6.71. The molecule has 158 valence electrons. The Morgan fingerprint density at radius 2 is 1.93 bits per heavy atom. The fraction of sp³-hybridized carbons (Fsp3) is 0.375. The van der Waals surface area contributed by atoms with Crippen molar-refractivity contribution in [3.05, 3.63) is 49.6 Å². The molecule has 2 atom stereocenters. The molecule has 3 aromatic heterocycles. The van der Waals surface area contributed by atoms with Gasteiger partial charge in [-0.25, -0.2) is 9.67 Å². The van der Waals surface area contributed by atoms with Gasteiger partial charge in [0.05, 0.1) is 29.9 Å². The molecular weight excluding hydrogens is 460 g/mol. The monoisotopic (exact) mass is 467 g/mol. The number of thiazole rings is 1. The summed E-state index contributed by atoms with van der Waals surface area (Å²) in [6.07, 6.45) is -9.30. The van der Waals surface area contributed by atoms with E-state index in [9.17, 15) is 31.1 Å². The maximum atomic E-state index is 13.5. The molecule has 1 aliphatic rings. The lowest BCUT2D eigenvalue weighted by Gasteiger charge is -2.07. The zero-order chi connectivity index (χ0) is 22.0. The molecule has 1 fully saturated rings. The topological polar surface area (TPSA) is 76.0 Å². The van der Waals surface area contributed by atoms with Gasteiger partial charge in [0, 0.05) is 18.1 Å². The van der Waals surface area contributed by atoms with Crippen LogP contribution in [0.5, 0.6) is 0 Å². The highest BCUT2D eigenvalue weighted by Crippen LogP contribution is 2.52. The van der Waals surface area contributed by atoms with Crippen molar-refractivity contribution in [2.75, 3.05) is 0 Å². The van der Waals surface area contributed by atoms with Crippen LogP contribution in [0.2, 0.25) is 5.15 Å². The van der Waals surface area contributed by atoms with Crippen LogP contribution in [0.3, 0.4) is 0 Å². The Labute approximate surface area is 171 Å². The number of nitriles is 1. The first-order chi connectivity index (χ1) is 13.9. The van der Waals surface area contributed by atoms with Gasteiger partial charge in [-0.05, 0) is 6.42 Å². The minimum atomic E-state index is -4.75. The van der Waals surface area contributed by atoms with Crippen LogP contribution in [-0.2, 0) is 18.9 Å². The maximum absolute atomic E-state index is 13.5. The Kier molecular flexibility index (Phi) is 4.62. The molecule has 3 heterocycles. The maximum Gasteiger partial charge on any atom is 0.435 e. The van der Waals surface area contributed by atoms with Gasteiger partial charge in [0.25, 0.3) is 5.56 Å². The van der Waals surface area contributed by atoms with E-state index in [2.05, 4.69) is 10.1 Å². The highest BCUT2D eigenvalue weighted by Gasteiger charge is 2.48. The molecule has 6 nitrogen and oxygen atoms in total. The predicted octanol–water partition coefficient (Wildman–Crippen LogP) is 4.32. The number of alkyl halides is 6. The first kappa shape index (κ1) is 20.7. The van der Waals surface area contributed by atoms with E-state index in [1.807, 2.05) is 6.07 Å².